The van der Waals surface area contributed by atoms with Gasteiger partial charge in [0, 0.05) is 12.7 Å². The van der Waals surface area contributed by atoms with Crippen LogP contribution in [-0.4, -0.2) is 16.5 Å². The van der Waals surface area contributed by atoms with Crippen LogP contribution < -0.4 is 10.6 Å². The van der Waals surface area contributed by atoms with Crippen molar-refractivity contribution >= 4 is 11.8 Å². The molecule has 0 aliphatic heterocycles. The Labute approximate surface area is 107 Å². The van der Waals surface area contributed by atoms with Gasteiger partial charge in [0.2, 0.25) is 5.95 Å². The summed E-state index contributed by atoms with van der Waals surface area (Å²) in [7, 11) is 0. The van der Waals surface area contributed by atoms with Crippen LogP contribution in [0.2, 0.25) is 0 Å². The van der Waals surface area contributed by atoms with Crippen molar-refractivity contribution in [3.63, 3.8) is 0 Å². The topological polar surface area (TPSA) is 63.0 Å². The lowest BCUT2D eigenvalue weighted by Crippen LogP contribution is -2.10. The van der Waals surface area contributed by atoms with E-state index in [1.807, 2.05) is 18.2 Å². The number of hydrogen-bond donors (Lipinski definition) is 2. The van der Waals surface area contributed by atoms with Gasteiger partial charge in [0.15, 0.2) is 0 Å². The van der Waals surface area contributed by atoms with Crippen molar-refractivity contribution in [1.29, 1.82) is 0 Å². The Balaban J connectivity index is 1.90. The molecule has 0 fully saturated rings. The molecule has 0 aliphatic rings. The van der Waals surface area contributed by atoms with Gasteiger partial charge in [0.05, 0.1) is 12.8 Å². The first kappa shape index (κ1) is 12.4. The van der Waals surface area contributed by atoms with Gasteiger partial charge in [-0.2, -0.15) is 4.98 Å². The molecule has 0 amide bonds. The molecule has 18 heavy (non-hydrogen) atoms. The van der Waals surface area contributed by atoms with Crippen molar-refractivity contribution < 1.29 is 4.42 Å². The van der Waals surface area contributed by atoms with Crippen LogP contribution in [0.5, 0.6) is 0 Å². The van der Waals surface area contributed by atoms with Crippen molar-refractivity contribution in [2.24, 2.45) is 5.92 Å². The average molecular weight is 246 g/mol. The highest BCUT2D eigenvalue weighted by Gasteiger charge is 2.01. The van der Waals surface area contributed by atoms with E-state index < -0.39 is 0 Å². The molecule has 2 aromatic rings. The third-order valence-corrected chi connectivity index (χ3v) is 2.35. The molecule has 0 aliphatic carbocycles. The van der Waals surface area contributed by atoms with Gasteiger partial charge in [-0.3, -0.25) is 0 Å². The van der Waals surface area contributed by atoms with Gasteiger partial charge in [-0.15, -0.1) is 0 Å². The Morgan fingerprint density at radius 2 is 2.17 bits per heavy atom. The highest BCUT2D eigenvalue weighted by molar-refractivity contribution is 5.39. The molecule has 5 heteroatoms. The zero-order chi connectivity index (χ0) is 12.8. The summed E-state index contributed by atoms with van der Waals surface area (Å²) in [4.78, 5) is 8.53. The van der Waals surface area contributed by atoms with Crippen LogP contribution in [0.1, 0.15) is 19.6 Å². The van der Waals surface area contributed by atoms with Gasteiger partial charge >= 0.3 is 0 Å². The average Bonchev–Trinajstić information content (AvgIpc) is 2.87. The van der Waals surface area contributed by atoms with Gasteiger partial charge in [-0.1, -0.05) is 13.8 Å². The Bertz CT molecular complexity index is 468. The van der Waals surface area contributed by atoms with E-state index in [0.29, 0.717) is 18.4 Å². The predicted molar refractivity (Wildman–Crippen MR) is 71.4 cm³/mol. The standard InChI is InChI=1S/C13H18N4O/c1-10(2)8-15-12-5-6-14-13(17-12)16-9-11-4-3-7-18-11/h3-7,10H,8-9H2,1-2H3,(H2,14,15,16,17). The summed E-state index contributed by atoms with van der Waals surface area (Å²) in [5.74, 6) is 2.87. The first-order valence-corrected chi connectivity index (χ1v) is 6.07. The van der Waals surface area contributed by atoms with Crippen molar-refractivity contribution in [2.45, 2.75) is 20.4 Å². The SMILES string of the molecule is CC(C)CNc1ccnc(NCc2ccco2)n1. The predicted octanol–water partition coefficient (Wildman–Crippen LogP) is 2.75. The normalized spacial score (nSPS) is 10.6. The maximum atomic E-state index is 5.23. The summed E-state index contributed by atoms with van der Waals surface area (Å²) in [5.41, 5.74) is 0. The highest BCUT2D eigenvalue weighted by Crippen LogP contribution is 2.08. The number of hydrogen-bond acceptors (Lipinski definition) is 5. The number of rotatable bonds is 6. The molecule has 2 rings (SSSR count). The minimum Gasteiger partial charge on any atom is -0.467 e. The molecule has 2 heterocycles. The molecule has 96 valence electrons. The van der Waals surface area contributed by atoms with Crippen LogP contribution >= 0.6 is 0 Å². The van der Waals surface area contributed by atoms with Crippen LogP contribution in [0.15, 0.2) is 35.1 Å². The van der Waals surface area contributed by atoms with Gasteiger partial charge in [-0.25, -0.2) is 4.98 Å². The molecule has 2 N–H and O–H groups in total. The lowest BCUT2D eigenvalue weighted by atomic mass is 10.2. The maximum Gasteiger partial charge on any atom is 0.224 e. The smallest absolute Gasteiger partial charge is 0.224 e. The van der Waals surface area contributed by atoms with Crippen LogP contribution in [0, 0.1) is 5.92 Å². The molecular weight excluding hydrogens is 228 g/mol. The van der Waals surface area contributed by atoms with Gasteiger partial charge < -0.3 is 15.1 Å². The van der Waals surface area contributed by atoms with E-state index in [4.69, 9.17) is 4.42 Å². The second kappa shape index (κ2) is 6.05. The van der Waals surface area contributed by atoms with E-state index in [9.17, 15) is 0 Å². The van der Waals surface area contributed by atoms with E-state index in [0.717, 1.165) is 18.1 Å². The zero-order valence-corrected chi connectivity index (χ0v) is 10.7. The highest BCUT2D eigenvalue weighted by atomic mass is 16.3. The van der Waals surface area contributed by atoms with E-state index >= 15 is 0 Å². The molecule has 2 aromatic heterocycles. The first-order valence-electron chi connectivity index (χ1n) is 6.07. The third-order valence-electron chi connectivity index (χ3n) is 2.35. The maximum absolute atomic E-state index is 5.23. The van der Waals surface area contributed by atoms with Gasteiger partial charge in [-0.05, 0) is 24.1 Å². The summed E-state index contributed by atoms with van der Waals surface area (Å²) in [5, 5.41) is 6.38. The summed E-state index contributed by atoms with van der Waals surface area (Å²) in [6.45, 7) is 5.80. The molecule has 0 bridgehead atoms. The Kier molecular flexibility index (Phi) is 4.17. The van der Waals surface area contributed by atoms with Gasteiger partial charge in [0.25, 0.3) is 0 Å². The second-order valence-corrected chi connectivity index (χ2v) is 4.47. The van der Waals surface area contributed by atoms with Gasteiger partial charge in [0.1, 0.15) is 11.6 Å². The number of nitrogens with zero attached hydrogens (tertiary/aromatic N) is 2. The summed E-state index contributed by atoms with van der Waals surface area (Å²) < 4.78 is 5.23. The number of furan rings is 1. The molecule has 0 aromatic carbocycles. The molecule has 0 atom stereocenters. The first-order chi connectivity index (χ1) is 8.74. The number of anilines is 2. The van der Waals surface area contributed by atoms with Crippen molar-refractivity contribution in [1.82, 2.24) is 9.97 Å². The summed E-state index contributed by atoms with van der Waals surface area (Å²) in [6, 6.07) is 5.63. The Hall–Kier alpha value is -2.04. The van der Waals surface area contributed by atoms with E-state index in [1.54, 1.807) is 12.5 Å². The van der Waals surface area contributed by atoms with Crippen LogP contribution in [0.3, 0.4) is 0 Å². The van der Waals surface area contributed by atoms with E-state index in [-0.39, 0.29) is 0 Å². The van der Waals surface area contributed by atoms with Crippen LogP contribution in [0.25, 0.3) is 0 Å². The lowest BCUT2D eigenvalue weighted by Gasteiger charge is -2.09. The Morgan fingerprint density at radius 3 is 2.89 bits per heavy atom. The molecular formula is C13H18N4O. The van der Waals surface area contributed by atoms with Crippen molar-refractivity contribution in [3.05, 3.63) is 36.4 Å². The molecule has 0 spiro atoms. The van der Waals surface area contributed by atoms with E-state index in [2.05, 4.69) is 34.4 Å². The Morgan fingerprint density at radius 1 is 1.28 bits per heavy atom. The summed E-state index contributed by atoms with van der Waals surface area (Å²) >= 11 is 0. The minimum absolute atomic E-state index is 0.583. The summed E-state index contributed by atoms with van der Waals surface area (Å²) in [6.07, 6.45) is 3.39. The largest absolute Gasteiger partial charge is 0.467 e. The fraction of sp³-hybridized carbons (Fsp3) is 0.385. The van der Waals surface area contributed by atoms with E-state index in [1.165, 1.54) is 0 Å². The monoisotopic (exact) mass is 246 g/mol. The third kappa shape index (κ3) is 3.76. The molecule has 0 saturated carbocycles. The molecule has 5 nitrogen and oxygen atoms in total. The number of aromatic nitrogens is 2. The van der Waals surface area contributed by atoms with Crippen molar-refractivity contribution in [3.8, 4) is 0 Å². The molecule has 0 radical (unpaired) electrons. The molecule has 0 unspecified atom stereocenters. The van der Waals surface area contributed by atoms with Crippen LogP contribution in [-0.2, 0) is 6.54 Å². The molecule has 0 saturated heterocycles. The fourth-order valence-electron chi connectivity index (χ4n) is 1.43. The minimum atomic E-state index is 0.583. The lowest BCUT2D eigenvalue weighted by molar-refractivity contribution is 0.517. The fourth-order valence-corrected chi connectivity index (χ4v) is 1.43. The van der Waals surface area contributed by atoms with Crippen molar-refractivity contribution in [2.75, 3.05) is 17.2 Å². The number of nitrogens with one attached hydrogen (secondary N) is 2. The zero-order valence-electron chi connectivity index (χ0n) is 10.7. The quantitative estimate of drug-likeness (QED) is 0.820. The van der Waals surface area contributed by atoms with Crippen LogP contribution in [0.4, 0.5) is 11.8 Å². The second-order valence-electron chi connectivity index (χ2n) is 4.47.